The Kier molecular flexibility index (Phi) is 12.7. The third kappa shape index (κ3) is 6.96. The Bertz CT molecular complexity index is 1460. The number of hydrogen-bond acceptors (Lipinski definition) is 5. The van der Waals surface area contributed by atoms with E-state index >= 15 is 0 Å². The third-order valence-corrected chi connectivity index (χ3v) is 8.10. The molecule has 42 heavy (non-hydrogen) atoms. The van der Waals surface area contributed by atoms with Gasteiger partial charge in [0.05, 0.1) is 35.4 Å². The van der Waals surface area contributed by atoms with Crippen LogP contribution in [0.5, 0.6) is 0 Å². The van der Waals surface area contributed by atoms with Crippen LogP contribution in [0.3, 0.4) is 0 Å². The summed E-state index contributed by atoms with van der Waals surface area (Å²) in [5.41, 5.74) is 6.16. The largest absolute Gasteiger partial charge is 3.00 e. The quantitative estimate of drug-likeness (QED) is 0.193. The van der Waals surface area contributed by atoms with Crippen molar-refractivity contribution in [2.45, 2.75) is 51.9 Å². The molecular weight excluding hydrogens is 636 g/mol. The van der Waals surface area contributed by atoms with Crippen LogP contribution in [0.1, 0.15) is 38.5 Å². The van der Waals surface area contributed by atoms with Gasteiger partial charge in [-0.25, -0.2) is 15.0 Å². The molecule has 2 saturated heterocycles. The van der Waals surface area contributed by atoms with Gasteiger partial charge in [-0.3, -0.25) is 9.80 Å². The van der Waals surface area contributed by atoms with E-state index in [1.807, 2.05) is 0 Å². The van der Waals surface area contributed by atoms with E-state index in [1.54, 1.807) is 0 Å². The van der Waals surface area contributed by atoms with Gasteiger partial charge in [0.2, 0.25) is 0 Å². The molecule has 224 valence electrons. The summed E-state index contributed by atoms with van der Waals surface area (Å²) in [6.07, 6.45) is 7.73. The number of aromatic nitrogens is 5. The van der Waals surface area contributed by atoms with Crippen molar-refractivity contribution < 1.29 is 54.0 Å². The number of fused-ring (bicyclic) bond motifs is 2. The first-order valence-electron chi connectivity index (χ1n) is 14.2. The van der Waals surface area contributed by atoms with E-state index in [9.17, 15) is 0 Å². The van der Waals surface area contributed by atoms with Crippen molar-refractivity contribution in [3.05, 3.63) is 66.7 Å². The Balaban J connectivity index is 0.00000121. The van der Waals surface area contributed by atoms with E-state index < -0.39 is 0 Å². The standard InChI is InChI=1S/C31H35N7.3ClH.Co/c1-7-18-35(19-8-1)22-37-28-16-5-3-12-24(28)33-30(37)26-14-11-15-27(32-26)31-34-25-13-4-6-17-29(25)38(31)23-36-20-9-2-10-21-36;;;;/h3-6,11-17H,1-2,7-10,18-23H2;3*1H;/q;;;;+3/p-3. The molecule has 0 amide bonds. The summed E-state index contributed by atoms with van der Waals surface area (Å²) < 4.78 is 4.70. The van der Waals surface area contributed by atoms with E-state index in [4.69, 9.17) is 15.0 Å². The number of pyridine rings is 1. The molecule has 7 rings (SSSR count). The molecule has 0 unspecified atom stereocenters. The average molecular weight is 671 g/mol. The number of hydrogen-bond donors (Lipinski definition) is 0. The molecule has 0 spiro atoms. The van der Waals surface area contributed by atoms with Crippen LogP contribution in [0.25, 0.3) is 45.1 Å². The molecule has 2 aliphatic rings. The number of piperidine rings is 2. The second kappa shape index (κ2) is 15.5. The monoisotopic (exact) mass is 669 g/mol. The van der Waals surface area contributed by atoms with E-state index in [0.29, 0.717) is 0 Å². The van der Waals surface area contributed by atoms with Gasteiger partial charge in [0, 0.05) is 0 Å². The fourth-order valence-electron chi connectivity index (χ4n) is 6.11. The topological polar surface area (TPSA) is 55.0 Å². The summed E-state index contributed by atoms with van der Waals surface area (Å²) in [6.45, 7) is 6.24. The Morgan fingerprint density at radius 1 is 0.476 bits per heavy atom. The number of imidazole rings is 2. The smallest absolute Gasteiger partial charge is 1.00 e. The molecule has 2 fully saturated rings. The van der Waals surface area contributed by atoms with Gasteiger partial charge in [-0.15, -0.1) is 0 Å². The maximum absolute atomic E-state index is 5.21. The molecule has 2 aliphatic heterocycles. The van der Waals surface area contributed by atoms with Gasteiger partial charge in [-0.05, 0) is 88.3 Å². The normalized spacial score (nSPS) is 15.8. The molecule has 0 aliphatic carbocycles. The van der Waals surface area contributed by atoms with Crippen LogP contribution in [0, 0.1) is 0 Å². The summed E-state index contributed by atoms with van der Waals surface area (Å²) in [5, 5.41) is 0. The molecule has 2 aromatic carbocycles. The third-order valence-electron chi connectivity index (χ3n) is 8.10. The first-order chi connectivity index (χ1) is 18.8. The van der Waals surface area contributed by atoms with Gasteiger partial charge < -0.3 is 46.4 Å². The second-order valence-corrected chi connectivity index (χ2v) is 10.8. The Morgan fingerprint density at radius 3 is 1.31 bits per heavy atom. The zero-order valence-electron chi connectivity index (χ0n) is 23.4. The zero-order chi connectivity index (χ0) is 25.3. The molecule has 7 nitrogen and oxygen atoms in total. The van der Waals surface area contributed by atoms with Gasteiger partial charge in [-0.1, -0.05) is 43.2 Å². The van der Waals surface area contributed by atoms with Crippen LogP contribution in [-0.4, -0.2) is 60.1 Å². The van der Waals surface area contributed by atoms with Crippen molar-refractivity contribution >= 4 is 22.1 Å². The molecule has 0 N–H and O–H groups in total. The van der Waals surface area contributed by atoms with Crippen LogP contribution in [0.15, 0.2) is 66.7 Å². The number of nitrogens with zero attached hydrogens (tertiary/aromatic N) is 7. The minimum Gasteiger partial charge on any atom is -1.00 e. The van der Waals surface area contributed by atoms with Gasteiger partial charge >= 0.3 is 16.8 Å². The predicted molar refractivity (Wildman–Crippen MR) is 153 cm³/mol. The van der Waals surface area contributed by atoms with E-state index in [-0.39, 0.29) is 54.0 Å². The Labute approximate surface area is 276 Å². The van der Waals surface area contributed by atoms with Crippen LogP contribution in [0.2, 0.25) is 0 Å². The maximum Gasteiger partial charge on any atom is 3.00 e. The molecule has 0 saturated carbocycles. The minimum atomic E-state index is 0. The second-order valence-electron chi connectivity index (χ2n) is 10.8. The Hall–Kier alpha value is -2.17. The Morgan fingerprint density at radius 2 is 0.881 bits per heavy atom. The van der Waals surface area contributed by atoms with E-state index in [1.165, 1.54) is 38.5 Å². The number of halogens is 3. The summed E-state index contributed by atoms with van der Waals surface area (Å²) in [5.74, 6) is 1.86. The first-order valence-corrected chi connectivity index (χ1v) is 14.2. The molecular formula is C31H35Cl3CoN7. The molecule has 3 aromatic heterocycles. The molecule has 0 radical (unpaired) electrons. The summed E-state index contributed by atoms with van der Waals surface area (Å²) in [7, 11) is 0. The van der Waals surface area contributed by atoms with Crippen LogP contribution < -0.4 is 37.2 Å². The minimum absolute atomic E-state index is 0. The SMILES string of the molecule is [Cl-].[Cl-].[Cl-].[Co+3].c1cc(-c2nc3ccccc3n2CN2CCCCC2)nc(-c2nc3ccccc3n2CN2CCCCC2)c1. The number of para-hydroxylation sites is 4. The fourth-order valence-corrected chi connectivity index (χ4v) is 6.11. The number of rotatable bonds is 6. The maximum atomic E-state index is 5.21. The van der Waals surface area contributed by atoms with Gasteiger partial charge in [0.25, 0.3) is 0 Å². The number of likely N-dealkylation sites (tertiary alicyclic amines) is 2. The van der Waals surface area contributed by atoms with Gasteiger partial charge in [0.1, 0.15) is 11.4 Å². The van der Waals surface area contributed by atoms with Crippen molar-refractivity contribution in [1.29, 1.82) is 0 Å². The van der Waals surface area contributed by atoms with Gasteiger partial charge in [-0.2, -0.15) is 0 Å². The van der Waals surface area contributed by atoms with Gasteiger partial charge in [0.15, 0.2) is 11.6 Å². The summed E-state index contributed by atoms with van der Waals surface area (Å²) in [6, 6.07) is 23.2. The molecule has 5 heterocycles. The van der Waals surface area contributed by atoms with Crippen molar-refractivity contribution in [2.24, 2.45) is 0 Å². The summed E-state index contributed by atoms with van der Waals surface area (Å²) >= 11 is 0. The van der Waals surface area contributed by atoms with Crippen molar-refractivity contribution in [3.63, 3.8) is 0 Å². The van der Waals surface area contributed by atoms with Crippen molar-refractivity contribution in [1.82, 2.24) is 33.9 Å². The predicted octanol–water partition coefficient (Wildman–Crippen LogP) is -2.99. The first kappa shape index (κ1) is 34.3. The van der Waals surface area contributed by atoms with E-state index in [2.05, 4.69) is 85.7 Å². The zero-order valence-corrected chi connectivity index (χ0v) is 26.7. The van der Waals surface area contributed by atoms with Crippen LogP contribution in [-0.2, 0) is 30.1 Å². The molecule has 11 heteroatoms. The fraction of sp³-hybridized carbons (Fsp3) is 0.387. The molecule has 0 atom stereocenters. The van der Waals surface area contributed by atoms with Crippen LogP contribution >= 0.6 is 0 Å². The molecule has 5 aromatic rings. The summed E-state index contributed by atoms with van der Waals surface area (Å²) in [4.78, 5) is 20.5. The number of benzene rings is 2. The molecule has 0 bridgehead atoms. The van der Waals surface area contributed by atoms with Crippen LogP contribution in [0.4, 0.5) is 0 Å². The van der Waals surface area contributed by atoms with E-state index in [0.717, 1.165) is 84.6 Å². The average Bonchev–Trinajstić information content (AvgIpc) is 3.53. The van der Waals surface area contributed by atoms with Crippen molar-refractivity contribution in [2.75, 3.05) is 26.2 Å². The van der Waals surface area contributed by atoms with Crippen molar-refractivity contribution in [3.8, 4) is 23.0 Å².